The van der Waals surface area contributed by atoms with Crippen LogP contribution in [0, 0.1) is 19.3 Å². The molecular formula is C16H23N3O4. The highest BCUT2D eigenvalue weighted by Gasteiger charge is 2.21. The number of nitrogens with zero attached hydrogens (tertiary/aromatic N) is 2. The third-order valence-corrected chi connectivity index (χ3v) is 3.20. The lowest BCUT2D eigenvalue weighted by molar-refractivity contribution is 0.0930. The van der Waals surface area contributed by atoms with Crippen molar-refractivity contribution in [1.29, 1.82) is 0 Å². The molecule has 0 bridgehead atoms. The first-order valence-corrected chi connectivity index (χ1v) is 7.40. The fourth-order valence-corrected chi connectivity index (χ4v) is 2.00. The molecule has 2 N–H and O–H groups in total. The van der Waals surface area contributed by atoms with E-state index in [0.717, 1.165) is 0 Å². The van der Waals surface area contributed by atoms with Crippen molar-refractivity contribution in [3.05, 3.63) is 27.7 Å². The van der Waals surface area contributed by atoms with E-state index in [2.05, 4.69) is 11.2 Å². The predicted octanol–water partition coefficient (Wildman–Crippen LogP) is 0.220. The Balaban J connectivity index is 3.03. The molecule has 0 aliphatic carbocycles. The standard InChI is InChI=1S/C16H23N3O4/c1-5-9-18(4)19-11-12(3)14(20)15(21)13(19)16(22)17-8-7-10-23-6-2/h1,11,21H,6-10H2,2-4H3,(H,17,22). The molecular weight excluding hydrogens is 298 g/mol. The van der Waals surface area contributed by atoms with Crippen molar-refractivity contribution in [3.63, 3.8) is 0 Å². The van der Waals surface area contributed by atoms with Gasteiger partial charge in [0.05, 0.1) is 6.54 Å². The van der Waals surface area contributed by atoms with Crippen molar-refractivity contribution < 1.29 is 14.6 Å². The molecule has 0 atom stereocenters. The van der Waals surface area contributed by atoms with Gasteiger partial charge in [-0.15, -0.1) is 6.42 Å². The molecule has 1 aromatic rings. The number of ether oxygens (including phenoxy) is 1. The number of terminal acetylenes is 1. The Hall–Kier alpha value is -2.46. The summed E-state index contributed by atoms with van der Waals surface area (Å²) in [4.78, 5) is 24.3. The first kappa shape index (κ1) is 18.6. The molecule has 7 heteroatoms. The maximum absolute atomic E-state index is 12.3. The van der Waals surface area contributed by atoms with Crippen LogP contribution in [0.5, 0.6) is 5.75 Å². The van der Waals surface area contributed by atoms with Crippen LogP contribution in [0.25, 0.3) is 0 Å². The smallest absolute Gasteiger partial charge is 0.273 e. The Kier molecular flexibility index (Phi) is 7.16. The van der Waals surface area contributed by atoms with Gasteiger partial charge in [-0.1, -0.05) is 5.92 Å². The van der Waals surface area contributed by atoms with Crippen LogP contribution < -0.4 is 15.8 Å². The van der Waals surface area contributed by atoms with Crippen LogP contribution in [0.4, 0.5) is 0 Å². The van der Waals surface area contributed by atoms with Gasteiger partial charge >= 0.3 is 0 Å². The second kappa shape index (κ2) is 8.86. The van der Waals surface area contributed by atoms with Gasteiger partial charge in [0.2, 0.25) is 5.43 Å². The number of hydrogen-bond donors (Lipinski definition) is 2. The molecule has 0 fully saturated rings. The minimum absolute atomic E-state index is 0.130. The molecule has 0 aliphatic heterocycles. The van der Waals surface area contributed by atoms with E-state index in [1.165, 1.54) is 10.9 Å². The number of rotatable bonds is 8. The van der Waals surface area contributed by atoms with Crippen LogP contribution in [0.3, 0.4) is 0 Å². The van der Waals surface area contributed by atoms with Crippen molar-refractivity contribution in [3.8, 4) is 18.1 Å². The highest BCUT2D eigenvalue weighted by Crippen LogP contribution is 2.13. The summed E-state index contributed by atoms with van der Waals surface area (Å²) in [6.45, 7) is 5.18. The molecule has 7 nitrogen and oxygen atoms in total. The van der Waals surface area contributed by atoms with Crippen LogP contribution in [0.1, 0.15) is 29.4 Å². The van der Waals surface area contributed by atoms with Gasteiger partial charge in [0.1, 0.15) is 0 Å². The zero-order valence-corrected chi connectivity index (χ0v) is 13.8. The molecule has 23 heavy (non-hydrogen) atoms. The fraction of sp³-hybridized carbons (Fsp3) is 0.500. The van der Waals surface area contributed by atoms with Crippen molar-refractivity contribution in [1.82, 2.24) is 9.99 Å². The SMILES string of the molecule is C#CCN(C)n1cc(C)c(=O)c(O)c1C(=O)NCCCOCC. The van der Waals surface area contributed by atoms with Gasteiger partial charge in [-0.25, -0.2) is 0 Å². The lowest BCUT2D eigenvalue weighted by Crippen LogP contribution is -2.39. The quantitative estimate of drug-likeness (QED) is 0.529. The zero-order valence-electron chi connectivity index (χ0n) is 13.8. The second-order valence-electron chi connectivity index (χ2n) is 5.01. The molecule has 1 rings (SSSR count). The summed E-state index contributed by atoms with van der Waals surface area (Å²) in [6, 6.07) is 0. The number of pyridine rings is 1. The molecule has 1 aromatic heterocycles. The van der Waals surface area contributed by atoms with E-state index in [9.17, 15) is 14.7 Å². The normalized spacial score (nSPS) is 10.2. The number of nitrogens with one attached hydrogen (secondary N) is 1. The molecule has 0 saturated carbocycles. The summed E-state index contributed by atoms with van der Waals surface area (Å²) >= 11 is 0. The number of carbonyl (C=O) groups excluding carboxylic acids is 1. The molecule has 0 unspecified atom stereocenters. The third kappa shape index (κ3) is 4.76. The minimum Gasteiger partial charge on any atom is -0.502 e. The topological polar surface area (TPSA) is 83.8 Å². The second-order valence-corrected chi connectivity index (χ2v) is 5.01. The lowest BCUT2D eigenvalue weighted by atomic mass is 10.2. The highest BCUT2D eigenvalue weighted by molar-refractivity contribution is 5.95. The van der Waals surface area contributed by atoms with Crippen molar-refractivity contribution >= 4 is 5.91 Å². The van der Waals surface area contributed by atoms with Gasteiger partial charge in [0.15, 0.2) is 11.4 Å². The summed E-state index contributed by atoms with van der Waals surface area (Å²) in [5.74, 6) is 1.32. The molecule has 1 amide bonds. The number of aromatic hydroxyl groups is 1. The van der Waals surface area contributed by atoms with Crippen molar-refractivity contribution in [2.75, 3.05) is 38.4 Å². The average Bonchev–Trinajstić information content (AvgIpc) is 2.52. The molecule has 0 spiro atoms. The molecule has 0 saturated heterocycles. The predicted molar refractivity (Wildman–Crippen MR) is 88.4 cm³/mol. The van der Waals surface area contributed by atoms with Crippen molar-refractivity contribution in [2.24, 2.45) is 0 Å². The summed E-state index contributed by atoms with van der Waals surface area (Å²) < 4.78 is 6.58. The van der Waals surface area contributed by atoms with E-state index in [4.69, 9.17) is 11.2 Å². The summed E-state index contributed by atoms with van der Waals surface area (Å²) in [6.07, 6.45) is 7.40. The minimum atomic E-state index is -0.587. The van der Waals surface area contributed by atoms with Gasteiger partial charge in [-0.05, 0) is 20.3 Å². The van der Waals surface area contributed by atoms with Gasteiger partial charge in [-0.2, -0.15) is 0 Å². The monoisotopic (exact) mass is 321 g/mol. The lowest BCUT2D eigenvalue weighted by Gasteiger charge is -2.24. The number of amides is 1. The van der Waals surface area contributed by atoms with E-state index in [-0.39, 0.29) is 12.2 Å². The first-order valence-electron chi connectivity index (χ1n) is 7.40. The highest BCUT2D eigenvalue weighted by atomic mass is 16.5. The largest absolute Gasteiger partial charge is 0.502 e. The Morgan fingerprint density at radius 2 is 2.26 bits per heavy atom. The van der Waals surface area contributed by atoms with Crippen LogP contribution in [-0.2, 0) is 4.74 Å². The van der Waals surface area contributed by atoms with Crippen LogP contribution in [-0.4, -0.2) is 49.0 Å². The Morgan fingerprint density at radius 1 is 1.57 bits per heavy atom. The summed E-state index contributed by atoms with van der Waals surface area (Å²) in [5, 5.41) is 14.3. The summed E-state index contributed by atoms with van der Waals surface area (Å²) in [7, 11) is 1.66. The van der Waals surface area contributed by atoms with Crippen LogP contribution >= 0.6 is 0 Å². The molecule has 0 aromatic carbocycles. The third-order valence-electron chi connectivity index (χ3n) is 3.20. The Labute approximate surface area is 135 Å². The number of carbonyl (C=O) groups is 1. The maximum atomic E-state index is 12.3. The van der Waals surface area contributed by atoms with E-state index in [0.29, 0.717) is 31.7 Å². The van der Waals surface area contributed by atoms with E-state index < -0.39 is 17.1 Å². The van der Waals surface area contributed by atoms with E-state index in [1.807, 2.05) is 6.92 Å². The summed E-state index contributed by atoms with van der Waals surface area (Å²) in [5.41, 5.74) is -0.385. The maximum Gasteiger partial charge on any atom is 0.273 e. The first-order chi connectivity index (χ1) is 10.9. The fourth-order valence-electron chi connectivity index (χ4n) is 2.00. The number of hydrogen-bond acceptors (Lipinski definition) is 5. The van der Waals surface area contributed by atoms with Crippen molar-refractivity contribution in [2.45, 2.75) is 20.3 Å². The molecule has 0 aliphatic rings. The molecule has 0 radical (unpaired) electrons. The van der Waals surface area contributed by atoms with E-state index in [1.54, 1.807) is 19.0 Å². The van der Waals surface area contributed by atoms with Gasteiger partial charge < -0.3 is 20.2 Å². The van der Waals surface area contributed by atoms with Gasteiger partial charge in [0, 0.05) is 38.6 Å². The molecule has 1 heterocycles. The number of aromatic nitrogens is 1. The molecule has 126 valence electrons. The average molecular weight is 321 g/mol. The Bertz CT molecular complexity index is 646. The van der Waals surface area contributed by atoms with Gasteiger partial charge in [-0.3, -0.25) is 14.3 Å². The van der Waals surface area contributed by atoms with Gasteiger partial charge in [0.25, 0.3) is 5.91 Å². The van der Waals surface area contributed by atoms with Crippen LogP contribution in [0.2, 0.25) is 0 Å². The Morgan fingerprint density at radius 3 is 2.87 bits per heavy atom. The number of aryl methyl sites for hydroxylation is 1. The zero-order chi connectivity index (χ0) is 17.4. The van der Waals surface area contributed by atoms with E-state index >= 15 is 0 Å². The van der Waals surface area contributed by atoms with Crippen LogP contribution in [0.15, 0.2) is 11.0 Å².